The molecule has 1 aliphatic rings. The van der Waals surface area contributed by atoms with Gasteiger partial charge in [0.25, 0.3) is 0 Å². The molecule has 2 aromatic heterocycles. The Hall–Kier alpha value is -3.33. The van der Waals surface area contributed by atoms with E-state index in [1.807, 2.05) is 24.3 Å². The van der Waals surface area contributed by atoms with E-state index in [2.05, 4.69) is 25.5 Å². The predicted octanol–water partition coefficient (Wildman–Crippen LogP) is 3.40. The number of carbonyl (C=O) groups is 1. The van der Waals surface area contributed by atoms with Crippen molar-refractivity contribution in [3.63, 3.8) is 0 Å². The number of thioether (sulfide) groups is 1. The fourth-order valence-electron chi connectivity index (χ4n) is 3.13. The Morgan fingerprint density at radius 3 is 2.86 bits per heavy atom. The summed E-state index contributed by atoms with van der Waals surface area (Å²) >= 11 is 1.25. The number of aromatic nitrogens is 4. The van der Waals surface area contributed by atoms with E-state index in [0.29, 0.717) is 41.2 Å². The molecule has 0 unspecified atom stereocenters. The summed E-state index contributed by atoms with van der Waals surface area (Å²) in [5.74, 6) is 1.15. The van der Waals surface area contributed by atoms with Crippen LogP contribution in [-0.2, 0) is 4.79 Å². The molecule has 2 aromatic carbocycles. The van der Waals surface area contributed by atoms with Gasteiger partial charge in [0.15, 0.2) is 17.1 Å². The van der Waals surface area contributed by atoms with Gasteiger partial charge in [-0.3, -0.25) is 4.79 Å². The summed E-state index contributed by atoms with van der Waals surface area (Å²) < 4.78 is 11.1. The fourth-order valence-corrected chi connectivity index (χ4v) is 3.85. The lowest BCUT2D eigenvalue weighted by Gasteiger charge is -2.19. The van der Waals surface area contributed by atoms with Crippen LogP contribution in [-0.4, -0.2) is 44.5 Å². The van der Waals surface area contributed by atoms with Crippen molar-refractivity contribution in [2.24, 2.45) is 0 Å². The molecule has 0 spiro atoms. The number of hydrogen-bond acceptors (Lipinski definition) is 7. The molecule has 0 saturated heterocycles. The van der Waals surface area contributed by atoms with E-state index in [-0.39, 0.29) is 5.91 Å². The number of amides is 1. The summed E-state index contributed by atoms with van der Waals surface area (Å²) in [5, 5.41) is 12.4. The topological polar surface area (TPSA) is 102 Å². The van der Waals surface area contributed by atoms with Crippen LogP contribution in [0.15, 0.2) is 47.6 Å². The van der Waals surface area contributed by atoms with Crippen LogP contribution in [0, 0.1) is 0 Å². The number of ether oxygens (including phenoxy) is 2. The molecule has 0 bridgehead atoms. The second kappa shape index (κ2) is 7.25. The minimum absolute atomic E-state index is 0.160. The molecular formula is C20H17N5O3S. The van der Waals surface area contributed by atoms with Crippen LogP contribution < -0.4 is 14.8 Å². The summed E-state index contributed by atoms with van der Waals surface area (Å²) in [6, 6.07) is 13.2. The Morgan fingerprint density at radius 1 is 1.14 bits per heavy atom. The monoisotopic (exact) mass is 407 g/mol. The largest absolute Gasteiger partial charge is 0.486 e. The summed E-state index contributed by atoms with van der Waals surface area (Å²) in [6.07, 6.45) is 0. The molecule has 4 aromatic rings. The lowest BCUT2D eigenvalue weighted by Crippen LogP contribution is -2.23. The van der Waals surface area contributed by atoms with E-state index < -0.39 is 5.25 Å². The van der Waals surface area contributed by atoms with Crippen LogP contribution in [0.1, 0.15) is 6.92 Å². The molecule has 1 amide bonds. The van der Waals surface area contributed by atoms with Crippen molar-refractivity contribution in [3.05, 3.63) is 42.5 Å². The number of nitrogens with one attached hydrogen (secondary N) is 2. The van der Waals surface area contributed by atoms with Gasteiger partial charge in [0.05, 0.1) is 5.25 Å². The molecule has 29 heavy (non-hydrogen) atoms. The molecule has 1 aliphatic heterocycles. The highest BCUT2D eigenvalue weighted by Crippen LogP contribution is 2.33. The summed E-state index contributed by atoms with van der Waals surface area (Å²) in [7, 11) is 0. The summed E-state index contributed by atoms with van der Waals surface area (Å²) in [5.41, 5.74) is 2.98. The molecule has 0 fully saturated rings. The lowest BCUT2D eigenvalue weighted by molar-refractivity contribution is -0.115. The van der Waals surface area contributed by atoms with Crippen LogP contribution in [0.4, 0.5) is 5.69 Å². The maximum atomic E-state index is 12.6. The van der Waals surface area contributed by atoms with E-state index in [1.165, 1.54) is 11.8 Å². The first-order valence-corrected chi connectivity index (χ1v) is 10.0. The molecule has 0 saturated carbocycles. The molecular weight excluding hydrogens is 390 g/mol. The smallest absolute Gasteiger partial charge is 0.237 e. The first-order valence-electron chi connectivity index (χ1n) is 9.16. The highest BCUT2D eigenvalue weighted by molar-refractivity contribution is 8.00. The number of benzene rings is 2. The molecule has 146 valence electrons. The third-order valence-electron chi connectivity index (χ3n) is 4.56. The average Bonchev–Trinajstić information content (AvgIpc) is 3.11. The number of aromatic amines is 1. The lowest BCUT2D eigenvalue weighted by atomic mass is 10.2. The minimum atomic E-state index is -0.410. The zero-order chi connectivity index (χ0) is 19.8. The number of carbonyl (C=O) groups excluding carboxylic acids is 1. The van der Waals surface area contributed by atoms with Gasteiger partial charge in [0.2, 0.25) is 11.1 Å². The Kier molecular flexibility index (Phi) is 4.44. The minimum Gasteiger partial charge on any atom is -0.486 e. The van der Waals surface area contributed by atoms with Gasteiger partial charge in [0, 0.05) is 22.7 Å². The normalized spacial score (nSPS) is 14.1. The van der Waals surface area contributed by atoms with Gasteiger partial charge < -0.3 is 19.8 Å². The van der Waals surface area contributed by atoms with Crippen molar-refractivity contribution in [1.29, 1.82) is 0 Å². The van der Waals surface area contributed by atoms with Crippen molar-refractivity contribution in [1.82, 2.24) is 20.2 Å². The molecule has 1 atom stereocenters. The Bertz CT molecular complexity index is 1230. The van der Waals surface area contributed by atoms with Gasteiger partial charge >= 0.3 is 0 Å². The number of para-hydroxylation sites is 1. The van der Waals surface area contributed by atoms with Crippen LogP contribution in [0.3, 0.4) is 0 Å². The first kappa shape index (κ1) is 17.7. The molecule has 3 heterocycles. The van der Waals surface area contributed by atoms with Gasteiger partial charge in [-0.1, -0.05) is 30.0 Å². The van der Waals surface area contributed by atoms with Crippen molar-refractivity contribution in [2.45, 2.75) is 17.3 Å². The van der Waals surface area contributed by atoms with Gasteiger partial charge in [0.1, 0.15) is 18.7 Å². The van der Waals surface area contributed by atoms with Gasteiger partial charge in [-0.05, 0) is 25.1 Å². The molecule has 2 N–H and O–H groups in total. The van der Waals surface area contributed by atoms with E-state index >= 15 is 0 Å². The Morgan fingerprint density at radius 2 is 1.97 bits per heavy atom. The van der Waals surface area contributed by atoms with Crippen molar-refractivity contribution >= 4 is 45.4 Å². The molecule has 0 radical (unpaired) electrons. The maximum absolute atomic E-state index is 12.6. The summed E-state index contributed by atoms with van der Waals surface area (Å²) in [4.78, 5) is 20.4. The van der Waals surface area contributed by atoms with E-state index in [0.717, 1.165) is 16.4 Å². The van der Waals surface area contributed by atoms with Crippen molar-refractivity contribution in [2.75, 3.05) is 18.5 Å². The third kappa shape index (κ3) is 3.44. The van der Waals surface area contributed by atoms with Gasteiger partial charge in [-0.2, -0.15) is 0 Å². The first-order chi connectivity index (χ1) is 14.2. The van der Waals surface area contributed by atoms with Crippen molar-refractivity contribution < 1.29 is 14.3 Å². The second-order valence-corrected chi connectivity index (χ2v) is 7.88. The fraction of sp³-hybridized carbons (Fsp3) is 0.200. The van der Waals surface area contributed by atoms with Crippen LogP contribution in [0.2, 0.25) is 0 Å². The van der Waals surface area contributed by atoms with Crippen LogP contribution >= 0.6 is 11.8 Å². The van der Waals surface area contributed by atoms with Gasteiger partial charge in [-0.15, -0.1) is 10.2 Å². The Balaban J connectivity index is 1.31. The van der Waals surface area contributed by atoms with E-state index in [9.17, 15) is 4.79 Å². The standard InChI is InChI=1S/C20H17N5O3S/c1-11(19(26)21-12-6-7-15-16(10-12)28-9-8-27-15)29-20-23-18-17(24-25-20)13-4-2-3-5-14(13)22-18/h2-7,10-11H,8-9H2,1H3,(H,21,26)(H,22,23,25)/t11-/m1/s1. The zero-order valence-electron chi connectivity index (χ0n) is 15.5. The number of fused-ring (bicyclic) bond motifs is 4. The number of H-pyrrole nitrogens is 1. The van der Waals surface area contributed by atoms with E-state index in [1.54, 1.807) is 25.1 Å². The molecule has 8 nitrogen and oxygen atoms in total. The quantitative estimate of drug-likeness (QED) is 0.500. The zero-order valence-corrected chi connectivity index (χ0v) is 16.3. The maximum Gasteiger partial charge on any atom is 0.237 e. The SMILES string of the molecule is C[C@@H](Sc1nnc2c(n1)[nH]c1ccccc12)C(=O)Nc1ccc2c(c1)OCCO2. The number of anilines is 1. The highest BCUT2D eigenvalue weighted by atomic mass is 32.2. The molecule has 9 heteroatoms. The third-order valence-corrected chi connectivity index (χ3v) is 5.52. The van der Waals surface area contributed by atoms with Gasteiger partial charge in [-0.25, -0.2) is 4.98 Å². The second-order valence-electron chi connectivity index (χ2n) is 6.57. The van der Waals surface area contributed by atoms with E-state index in [4.69, 9.17) is 9.47 Å². The highest BCUT2D eigenvalue weighted by Gasteiger charge is 2.19. The number of nitrogens with zero attached hydrogens (tertiary/aromatic N) is 3. The van der Waals surface area contributed by atoms with Crippen LogP contribution in [0.5, 0.6) is 11.5 Å². The summed E-state index contributed by atoms with van der Waals surface area (Å²) in [6.45, 7) is 2.83. The van der Waals surface area contributed by atoms with Crippen molar-refractivity contribution in [3.8, 4) is 11.5 Å². The number of rotatable bonds is 4. The number of hydrogen-bond donors (Lipinski definition) is 2. The molecule has 5 rings (SSSR count). The average molecular weight is 407 g/mol. The Labute approximate surface area is 170 Å². The predicted molar refractivity (Wildman–Crippen MR) is 111 cm³/mol. The molecule has 0 aliphatic carbocycles. The van der Waals surface area contributed by atoms with Crippen LogP contribution in [0.25, 0.3) is 22.1 Å².